The number of carbonyl (C=O) groups is 2. The van der Waals surface area contributed by atoms with Crippen LogP contribution in [0, 0.1) is 0 Å². The molecule has 1 N–H and O–H groups in total. The van der Waals surface area contributed by atoms with Crippen LogP contribution in [-0.4, -0.2) is 57.1 Å². The van der Waals surface area contributed by atoms with Crippen molar-refractivity contribution >= 4 is 39.1 Å². The fourth-order valence-corrected chi connectivity index (χ4v) is 5.76. The Morgan fingerprint density at radius 2 is 1.78 bits per heavy atom. The Morgan fingerprint density at radius 1 is 1.11 bits per heavy atom. The highest BCUT2D eigenvalue weighted by Gasteiger charge is 2.33. The van der Waals surface area contributed by atoms with Gasteiger partial charge in [-0.1, -0.05) is 68.1 Å². The van der Waals surface area contributed by atoms with E-state index in [9.17, 15) is 18.0 Å². The molecule has 0 heterocycles. The molecule has 2 aromatic rings. The summed E-state index contributed by atoms with van der Waals surface area (Å²) in [5.41, 5.74) is 1.08. The lowest BCUT2D eigenvalue weighted by atomic mass is 9.95. The van der Waals surface area contributed by atoms with Crippen LogP contribution >= 0.6 is 11.6 Å². The van der Waals surface area contributed by atoms with Gasteiger partial charge in [-0.25, -0.2) is 8.42 Å². The topological polar surface area (TPSA) is 96.0 Å². The van der Waals surface area contributed by atoms with Crippen molar-refractivity contribution in [3.05, 3.63) is 59.1 Å². The van der Waals surface area contributed by atoms with Gasteiger partial charge in [-0.15, -0.1) is 0 Å². The van der Waals surface area contributed by atoms with E-state index in [2.05, 4.69) is 5.32 Å². The Morgan fingerprint density at radius 3 is 2.35 bits per heavy atom. The molecule has 1 saturated carbocycles. The molecule has 0 unspecified atom stereocenters. The maximum Gasteiger partial charge on any atom is 0.244 e. The summed E-state index contributed by atoms with van der Waals surface area (Å²) in [5.74, 6) is -0.301. The van der Waals surface area contributed by atoms with Gasteiger partial charge in [0.2, 0.25) is 21.8 Å². The van der Waals surface area contributed by atoms with Crippen LogP contribution in [0.3, 0.4) is 0 Å². The molecule has 37 heavy (non-hydrogen) atoms. The van der Waals surface area contributed by atoms with Gasteiger partial charge in [0.15, 0.2) is 0 Å². The first-order valence-corrected chi connectivity index (χ1v) is 14.8. The van der Waals surface area contributed by atoms with E-state index in [1.165, 1.54) is 30.6 Å². The van der Waals surface area contributed by atoms with Gasteiger partial charge in [-0.05, 0) is 43.0 Å². The molecule has 2 amide bonds. The number of nitrogens with zero attached hydrogens (tertiary/aromatic N) is 2. The summed E-state index contributed by atoms with van der Waals surface area (Å²) in [6, 6.07) is 13.3. The SMILES string of the molecule is CC[C@H](C(=O)NC1CCCCC1)N(Cc1ccccc1)C(=O)CN(c1ccc(OC)c(Cl)c1)S(C)(=O)=O. The van der Waals surface area contributed by atoms with Gasteiger partial charge >= 0.3 is 0 Å². The summed E-state index contributed by atoms with van der Waals surface area (Å²) in [6.45, 7) is 1.56. The molecule has 0 bridgehead atoms. The average Bonchev–Trinajstić information content (AvgIpc) is 2.87. The number of halogens is 1. The highest BCUT2D eigenvalue weighted by Crippen LogP contribution is 2.30. The number of methoxy groups -OCH3 is 1. The molecule has 10 heteroatoms. The van der Waals surface area contributed by atoms with Crippen molar-refractivity contribution in [2.75, 3.05) is 24.2 Å². The number of sulfonamides is 1. The van der Waals surface area contributed by atoms with E-state index in [0.717, 1.165) is 41.8 Å². The molecule has 1 aliphatic carbocycles. The number of benzene rings is 2. The molecule has 3 rings (SSSR count). The number of hydrogen-bond donors (Lipinski definition) is 1. The van der Waals surface area contributed by atoms with Gasteiger partial charge in [0, 0.05) is 12.6 Å². The minimum absolute atomic E-state index is 0.0953. The van der Waals surface area contributed by atoms with Crippen LogP contribution in [0.15, 0.2) is 48.5 Å². The summed E-state index contributed by atoms with van der Waals surface area (Å²) in [7, 11) is -2.38. The third-order valence-electron chi connectivity index (χ3n) is 6.64. The Hall–Kier alpha value is -2.78. The van der Waals surface area contributed by atoms with Crippen molar-refractivity contribution < 1.29 is 22.7 Å². The van der Waals surface area contributed by atoms with Crippen LogP contribution in [0.1, 0.15) is 51.0 Å². The highest BCUT2D eigenvalue weighted by atomic mass is 35.5. The lowest BCUT2D eigenvalue weighted by Crippen LogP contribution is -2.53. The van der Waals surface area contributed by atoms with Crippen LogP contribution < -0.4 is 14.4 Å². The maximum absolute atomic E-state index is 13.8. The quantitative estimate of drug-likeness (QED) is 0.449. The number of carbonyl (C=O) groups excluding carboxylic acids is 2. The molecule has 0 saturated heterocycles. The predicted molar refractivity (Wildman–Crippen MR) is 146 cm³/mol. The van der Waals surface area contributed by atoms with Crippen LogP contribution in [0.2, 0.25) is 5.02 Å². The van der Waals surface area contributed by atoms with Gasteiger partial charge in [0.1, 0.15) is 18.3 Å². The Bertz CT molecular complexity index is 1170. The molecule has 0 spiro atoms. The Balaban J connectivity index is 1.91. The normalized spacial score (nSPS) is 15.0. The molecule has 202 valence electrons. The summed E-state index contributed by atoms with van der Waals surface area (Å²) in [5, 5.41) is 3.35. The van der Waals surface area contributed by atoms with Crippen molar-refractivity contribution in [1.29, 1.82) is 0 Å². The summed E-state index contributed by atoms with van der Waals surface area (Å²) in [6.07, 6.45) is 6.59. The van der Waals surface area contributed by atoms with Gasteiger partial charge in [0.05, 0.1) is 24.1 Å². The first-order valence-electron chi connectivity index (χ1n) is 12.6. The minimum Gasteiger partial charge on any atom is -0.495 e. The van der Waals surface area contributed by atoms with E-state index in [1.807, 2.05) is 37.3 Å². The van der Waals surface area contributed by atoms with Crippen molar-refractivity contribution in [3.8, 4) is 5.75 Å². The summed E-state index contributed by atoms with van der Waals surface area (Å²) >= 11 is 6.24. The second-order valence-electron chi connectivity index (χ2n) is 9.36. The molecule has 1 fully saturated rings. The molecule has 0 radical (unpaired) electrons. The molecule has 0 aliphatic heterocycles. The second-order valence-corrected chi connectivity index (χ2v) is 11.7. The minimum atomic E-state index is -3.85. The van der Waals surface area contributed by atoms with E-state index in [4.69, 9.17) is 16.3 Å². The van der Waals surface area contributed by atoms with Crippen molar-refractivity contribution in [2.24, 2.45) is 0 Å². The molecule has 1 atom stereocenters. The number of amides is 2. The van der Waals surface area contributed by atoms with E-state index < -0.39 is 28.5 Å². The van der Waals surface area contributed by atoms with E-state index in [1.54, 1.807) is 6.07 Å². The zero-order valence-electron chi connectivity index (χ0n) is 21.7. The standard InChI is InChI=1S/C27H36ClN3O5S/c1-4-24(27(33)29-21-13-9-6-10-14-21)30(18-20-11-7-5-8-12-20)26(32)19-31(37(3,34)35)22-15-16-25(36-2)23(28)17-22/h5,7-8,11-12,15-17,21,24H,4,6,9-10,13-14,18-19H2,1-3H3,(H,29,33)/t24-/m1/s1. The highest BCUT2D eigenvalue weighted by molar-refractivity contribution is 7.92. The molecular weight excluding hydrogens is 514 g/mol. The predicted octanol–water partition coefficient (Wildman–Crippen LogP) is 4.37. The summed E-state index contributed by atoms with van der Waals surface area (Å²) in [4.78, 5) is 28.6. The van der Waals surface area contributed by atoms with Crippen LogP contribution in [0.25, 0.3) is 0 Å². The third-order valence-corrected chi connectivity index (χ3v) is 8.07. The van der Waals surface area contributed by atoms with E-state index in [-0.39, 0.29) is 29.2 Å². The van der Waals surface area contributed by atoms with Gasteiger partial charge in [-0.3, -0.25) is 13.9 Å². The zero-order chi connectivity index (χ0) is 27.0. The number of hydrogen-bond acceptors (Lipinski definition) is 5. The third kappa shape index (κ3) is 7.85. The van der Waals surface area contributed by atoms with Gasteiger partial charge < -0.3 is 15.0 Å². The number of nitrogens with one attached hydrogen (secondary N) is 1. The van der Waals surface area contributed by atoms with Crippen LogP contribution in [-0.2, 0) is 26.2 Å². The number of rotatable bonds is 11. The molecule has 8 nitrogen and oxygen atoms in total. The average molecular weight is 550 g/mol. The fraction of sp³-hybridized carbons (Fsp3) is 0.481. The lowest BCUT2D eigenvalue weighted by Gasteiger charge is -2.34. The van der Waals surface area contributed by atoms with Gasteiger partial charge in [-0.2, -0.15) is 0 Å². The van der Waals surface area contributed by atoms with Crippen molar-refractivity contribution in [3.63, 3.8) is 0 Å². The molecular formula is C27H36ClN3O5S. The zero-order valence-corrected chi connectivity index (χ0v) is 23.2. The van der Waals surface area contributed by atoms with E-state index in [0.29, 0.717) is 12.2 Å². The number of ether oxygens (including phenoxy) is 1. The largest absolute Gasteiger partial charge is 0.495 e. The first kappa shape index (κ1) is 28.8. The first-order chi connectivity index (χ1) is 17.6. The van der Waals surface area contributed by atoms with Crippen LogP contribution in [0.5, 0.6) is 5.75 Å². The monoisotopic (exact) mass is 549 g/mol. The Labute approximate surface area is 225 Å². The van der Waals surface area contributed by atoms with Crippen molar-refractivity contribution in [2.45, 2.75) is 64.1 Å². The smallest absolute Gasteiger partial charge is 0.244 e. The van der Waals surface area contributed by atoms with E-state index >= 15 is 0 Å². The molecule has 2 aromatic carbocycles. The second kappa shape index (κ2) is 13.1. The molecule has 1 aliphatic rings. The molecule has 0 aromatic heterocycles. The summed E-state index contributed by atoms with van der Waals surface area (Å²) < 4.78 is 31.7. The Kier molecular flexibility index (Phi) is 10.2. The maximum atomic E-state index is 13.8. The van der Waals surface area contributed by atoms with Crippen LogP contribution in [0.4, 0.5) is 5.69 Å². The lowest BCUT2D eigenvalue weighted by molar-refractivity contribution is -0.140. The van der Waals surface area contributed by atoms with Gasteiger partial charge in [0.25, 0.3) is 0 Å². The van der Waals surface area contributed by atoms with Crippen molar-refractivity contribution in [1.82, 2.24) is 10.2 Å². The fourth-order valence-electron chi connectivity index (χ4n) is 4.67. The number of anilines is 1.